The van der Waals surface area contributed by atoms with E-state index < -0.39 is 5.97 Å². The van der Waals surface area contributed by atoms with Gasteiger partial charge >= 0.3 is 5.97 Å². The van der Waals surface area contributed by atoms with Crippen LogP contribution in [0.3, 0.4) is 0 Å². The highest BCUT2D eigenvalue weighted by Gasteiger charge is 2.15. The minimum atomic E-state index is -0.425. The highest BCUT2D eigenvalue weighted by Crippen LogP contribution is 2.29. The average molecular weight is 347 g/mol. The standard InChI is InChI=1S/C13H19BrN2O2S/c1-4-8(7-19-3)16-12-5-9(13(17)18-2)11(15)6-10(12)14/h5-6,8,16H,4,7,15H2,1-3H3. The molecule has 0 bridgehead atoms. The fraction of sp³-hybridized carbons (Fsp3) is 0.462. The van der Waals surface area contributed by atoms with Gasteiger partial charge in [-0.3, -0.25) is 0 Å². The number of halogens is 1. The molecule has 0 spiro atoms. The maximum atomic E-state index is 11.6. The monoisotopic (exact) mass is 346 g/mol. The molecule has 4 nitrogen and oxygen atoms in total. The van der Waals surface area contributed by atoms with Crippen LogP contribution < -0.4 is 11.1 Å². The van der Waals surface area contributed by atoms with Gasteiger partial charge in [-0.15, -0.1) is 0 Å². The summed E-state index contributed by atoms with van der Waals surface area (Å²) in [6.07, 6.45) is 3.08. The number of rotatable bonds is 6. The second-order valence-corrected chi connectivity index (χ2v) is 5.88. The number of hydrogen-bond donors (Lipinski definition) is 2. The molecule has 0 amide bonds. The molecular formula is C13H19BrN2O2S. The third kappa shape index (κ3) is 4.31. The van der Waals surface area contributed by atoms with Crippen molar-refractivity contribution in [2.75, 3.05) is 30.2 Å². The number of hydrogen-bond acceptors (Lipinski definition) is 5. The lowest BCUT2D eigenvalue weighted by molar-refractivity contribution is 0.0602. The molecule has 3 N–H and O–H groups in total. The number of thioether (sulfide) groups is 1. The van der Waals surface area contributed by atoms with E-state index in [1.165, 1.54) is 7.11 Å². The Morgan fingerprint density at radius 1 is 1.58 bits per heavy atom. The molecule has 106 valence electrons. The van der Waals surface area contributed by atoms with Crippen molar-refractivity contribution in [3.8, 4) is 0 Å². The number of esters is 1. The summed E-state index contributed by atoms with van der Waals surface area (Å²) >= 11 is 5.24. The first kappa shape index (κ1) is 16.2. The van der Waals surface area contributed by atoms with Gasteiger partial charge < -0.3 is 15.8 Å². The first-order valence-corrected chi connectivity index (χ1v) is 8.14. The number of methoxy groups -OCH3 is 1. The molecule has 0 fully saturated rings. The number of nitrogen functional groups attached to an aromatic ring is 1. The number of benzene rings is 1. The normalized spacial score (nSPS) is 12.0. The summed E-state index contributed by atoms with van der Waals surface area (Å²) in [6.45, 7) is 2.13. The van der Waals surface area contributed by atoms with E-state index >= 15 is 0 Å². The lowest BCUT2D eigenvalue weighted by atomic mass is 10.1. The van der Waals surface area contributed by atoms with Crippen molar-refractivity contribution in [3.05, 3.63) is 22.2 Å². The van der Waals surface area contributed by atoms with Gasteiger partial charge in [-0.2, -0.15) is 11.8 Å². The molecule has 19 heavy (non-hydrogen) atoms. The summed E-state index contributed by atoms with van der Waals surface area (Å²) in [7, 11) is 1.35. The van der Waals surface area contributed by atoms with E-state index in [0.717, 1.165) is 22.3 Å². The number of ether oxygens (including phenoxy) is 1. The lowest BCUT2D eigenvalue weighted by Crippen LogP contribution is -2.21. The summed E-state index contributed by atoms with van der Waals surface area (Å²) in [4.78, 5) is 11.6. The largest absolute Gasteiger partial charge is 0.465 e. The van der Waals surface area contributed by atoms with Crippen molar-refractivity contribution in [2.45, 2.75) is 19.4 Å². The molecule has 1 unspecified atom stereocenters. The third-order valence-electron chi connectivity index (χ3n) is 2.76. The van der Waals surface area contributed by atoms with Gasteiger partial charge in [0.05, 0.1) is 12.7 Å². The number of carbonyl (C=O) groups excluding carboxylic acids is 1. The molecule has 0 saturated heterocycles. The van der Waals surface area contributed by atoms with Crippen LogP contribution in [0.25, 0.3) is 0 Å². The Labute approximate surface area is 126 Å². The maximum absolute atomic E-state index is 11.6. The Bertz CT molecular complexity index is 455. The summed E-state index contributed by atoms with van der Waals surface area (Å²) in [6, 6.07) is 3.80. The van der Waals surface area contributed by atoms with E-state index in [-0.39, 0.29) is 0 Å². The fourth-order valence-corrected chi connectivity index (χ4v) is 2.87. The molecule has 0 heterocycles. The van der Waals surface area contributed by atoms with Crippen LogP contribution in [0.2, 0.25) is 0 Å². The van der Waals surface area contributed by atoms with Crippen molar-refractivity contribution in [1.82, 2.24) is 0 Å². The van der Waals surface area contributed by atoms with Gasteiger partial charge in [-0.25, -0.2) is 4.79 Å². The Morgan fingerprint density at radius 3 is 2.79 bits per heavy atom. The molecule has 1 atom stereocenters. The van der Waals surface area contributed by atoms with Crippen LogP contribution in [-0.2, 0) is 4.74 Å². The molecule has 1 aromatic rings. The van der Waals surface area contributed by atoms with E-state index in [1.54, 1.807) is 23.9 Å². The minimum Gasteiger partial charge on any atom is -0.465 e. The van der Waals surface area contributed by atoms with E-state index in [0.29, 0.717) is 17.3 Å². The summed E-state index contributed by atoms with van der Waals surface area (Å²) in [5.41, 5.74) is 7.47. The van der Waals surface area contributed by atoms with Crippen molar-refractivity contribution in [2.24, 2.45) is 0 Å². The van der Waals surface area contributed by atoms with Crippen molar-refractivity contribution in [3.63, 3.8) is 0 Å². The number of anilines is 2. The zero-order valence-electron chi connectivity index (χ0n) is 11.3. The lowest BCUT2D eigenvalue weighted by Gasteiger charge is -2.19. The topological polar surface area (TPSA) is 64.3 Å². The van der Waals surface area contributed by atoms with Crippen LogP contribution in [0.4, 0.5) is 11.4 Å². The zero-order chi connectivity index (χ0) is 14.4. The Hall–Kier alpha value is -0.880. The van der Waals surface area contributed by atoms with Gasteiger partial charge in [0.2, 0.25) is 0 Å². The second-order valence-electron chi connectivity index (χ2n) is 4.12. The Balaban J connectivity index is 3.03. The fourth-order valence-electron chi connectivity index (χ4n) is 1.67. The van der Waals surface area contributed by atoms with Crippen LogP contribution in [0.15, 0.2) is 16.6 Å². The van der Waals surface area contributed by atoms with Crippen molar-refractivity contribution < 1.29 is 9.53 Å². The predicted molar refractivity (Wildman–Crippen MR) is 86.0 cm³/mol. The molecule has 1 rings (SSSR count). The molecule has 1 aromatic carbocycles. The molecule has 0 aliphatic carbocycles. The molecule has 0 aromatic heterocycles. The van der Waals surface area contributed by atoms with Crippen LogP contribution >= 0.6 is 27.7 Å². The summed E-state index contributed by atoms with van der Waals surface area (Å²) < 4.78 is 5.57. The van der Waals surface area contributed by atoms with Gasteiger partial charge in [-0.1, -0.05) is 6.92 Å². The maximum Gasteiger partial charge on any atom is 0.340 e. The van der Waals surface area contributed by atoms with E-state index in [4.69, 9.17) is 10.5 Å². The Kier molecular flexibility index (Phi) is 6.51. The molecule has 6 heteroatoms. The molecule has 0 aliphatic rings. The second kappa shape index (κ2) is 7.65. The smallest absolute Gasteiger partial charge is 0.340 e. The minimum absolute atomic E-state index is 0.348. The SMILES string of the molecule is CCC(CSC)Nc1cc(C(=O)OC)c(N)cc1Br. The van der Waals surface area contributed by atoms with Gasteiger partial charge in [0.15, 0.2) is 0 Å². The molecule has 0 saturated carbocycles. The summed E-state index contributed by atoms with van der Waals surface area (Å²) in [5, 5.41) is 3.41. The zero-order valence-corrected chi connectivity index (χ0v) is 13.7. The highest BCUT2D eigenvalue weighted by atomic mass is 79.9. The van der Waals surface area contributed by atoms with Crippen LogP contribution in [-0.4, -0.2) is 31.1 Å². The van der Waals surface area contributed by atoms with E-state index in [1.807, 2.05) is 0 Å². The van der Waals surface area contributed by atoms with Crippen molar-refractivity contribution >= 4 is 45.0 Å². The van der Waals surface area contributed by atoms with Gasteiger partial charge in [0.25, 0.3) is 0 Å². The first-order valence-electron chi connectivity index (χ1n) is 5.96. The van der Waals surface area contributed by atoms with Gasteiger partial charge in [0.1, 0.15) is 0 Å². The van der Waals surface area contributed by atoms with Gasteiger partial charge in [0, 0.05) is 27.6 Å². The van der Waals surface area contributed by atoms with Crippen LogP contribution in [0, 0.1) is 0 Å². The Morgan fingerprint density at radius 2 is 2.26 bits per heavy atom. The average Bonchev–Trinajstić information content (AvgIpc) is 2.40. The number of carbonyl (C=O) groups is 1. The highest BCUT2D eigenvalue weighted by molar-refractivity contribution is 9.10. The molecule has 0 aliphatic heterocycles. The van der Waals surface area contributed by atoms with Crippen molar-refractivity contribution in [1.29, 1.82) is 0 Å². The number of nitrogens with two attached hydrogens (primary N) is 1. The third-order valence-corrected chi connectivity index (χ3v) is 4.16. The van der Waals surface area contributed by atoms with E-state index in [2.05, 4.69) is 34.4 Å². The summed E-state index contributed by atoms with van der Waals surface area (Å²) in [5.74, 6) is 0.576. The predicted octanol–water partition coefficient (Wildman–Crippen LogP) is 3.37. The molecular weight excluding hydrogens is 328 g/mol. The van der Waals surface area contributed by atoms with Crippen LogP contribution in [0.1, 0.15) is 23.7 Å². The van der Waals surface area contributed by atoms with E-state index in [9.17, 15) is 4.79 Å². The van der Waals surface area contributed by atoms with Gasteiger partial charge in [-0.05, 0) is 40.7 Å². The number of nitrogens with one attached hydrogen (secondary N) is 1. The quantitative estimate of drug-likeness (QED) is 0.610. The molecule has 0 radical (unpaired) electrons. The van der Waals surface area contributed by atoms with Crippen LogP contribution in [0.5, 0.6) is 0 Å². The first-order chi connectivity index (χ1) is 9.03.